The molecular weight excluding hydrogens is 584 g/mol. The number of nitrogens with one attached hydrogen (secondary N) is 2. The molecule has 206 valence electrons. The molecule has 5 heteroatoms. The maximum absolute atomic E-state index is 3.91. The van der Waals surface area contributed by atoms with Crippen molar-refractivity contribution >= 4 is 29.0 Å². The molecule has 0 atom stereocenters. The van der Waals surface area contributed by atoms with Gasteiger partial charge in [-0.15, -0.1) is 0 Å². The number of para-hydroxylation sites is 2. The second-order valence-corrected chi connectivity index (χ2v) is 23.1. The second-order valence-electron chi connectivity index (χ2n) is 13.8. The number of benzene rings is 2. The Hall–Kier alpha value is -1.68. The molecule has 0 saturated heterocycles. The second kappa shape index (κ2) is 12.0. The Morgan fingerprint density at radius 3 is 1.18 bits per heavy atom. The van der Waals surface area contributed by atoms with Gasteiger partial charge in [0, 0.05) is 0 Å². The van der Waals surface area contributed by atoms with Crippen molar-refractivity contribution in [3.63, 3.8) is 0 Å². The molecule has 2 aromatic rings. The molecule has 4 rings (SSSR count). The van der Waals surface area contributed by atoms with E-state index >= 15 is 0 Å². The van der Waals surface area contributed by atoms with E-state index in [1.807, 2.05) is 6.56 Å². The number of hydrogen-bond donors (Lipinski definition) is 2. The van der Waals surface area contributed by atoms with Gasteiger partial charge in [0.15, 0.2) is 0 Å². The number of anilines is 2. The zero-order chi connectivity index (χ0) is 28.5. The molecule has 2 N–H and O–H groups in total. The van der Waals surface area contributed by atoms with Crippen LogP contribution in [-0.2, 0) is 23.2 Å². The van der Waals surface area contributed by atoms with Crippen LogP contribution < -0.4 is 10.6 Å². The first-order valence-electron chi connectivity index (χ1n) is 14.6. The molecule has 2 aliphatic carbocycles. The number of hydrogen-bond acceptors (Lipinski definition) is 2. The molecule has 0 saturated carbocycles. The van der Waals surface area contributed by atoms with E-state index in [0.717, 1.165) is 12.8 Å². The van der Waals surface area contributed by atoms with Crippen LogP contribution in [0, 0.1) is 10.8 Å². The summed E-state index contributed by atoms with van der Waals surface area (Å²) in [5.41, 5.74) is 9.18. The summed E-state index contributed by atoms with van der Waals surface area (Å²) >= 11 is -1.000. The molecule has 2 aliphatic rings. The van der Waals surface area contributed by atoms with Gasteiger partial charge in [-0.1, -0.05) is 0 Å². The van der Waals surface area contributed by atoms with Crippen LogP contribution in [0.15, 0.2) is 100 Å². The van der Waals surface area contributed by atoms with Crippen LogP contribution in [0.4, 0.5) is 11.4 Å². The van der Waals surface area contributed by atoms with E-state index in [9.17, 15) is 0 Å². The summed E-state index contributed by atoms with van der Waals surface area (Å²) < 4.78 is 3.62. The molecule has 0 aliphatic heterocycles. The van der Waals surface area contributed by atoms with Crippen LogP contribution in [0.5, 0.6) is 0 Å². The Labute approximate surface area is 252 Å². The van der Waals surface area contributed by atoms with Gasteiger partial charge in [-0.2, -0.15) is 0 Å². The molecular formula is C34H48N2Si2Zr. The van der Waals surface area contributed by atoms with Gasteiger partial charge in [0.1, 0.15) is 0 Å². The average Bonchev–Trinajstić information content (AvgIpc) is 3.38. The van der Waals surface area contributed by atoms with Gasteiger partial charge in [-0.3, -0.25) is 0 Å². The van der Waals surface area contributed by atoms with Crippen molar-refractivity contribution in [2.75, 3.05) is 10.6 Å². The molecule has 0 amide bonds. The van der Waals surface area contributed by atoms with Gasteiger partial charge in [-0.05, 0) is 0 Å². The quantitative estimate of drug-likeness (QED) is 0.284. The molecule has 0 fully saturated rings. The van der Waals surface area contributed by atoms with E-state index < -0.39 is 40.8 Å². The molecule has 0 aromatic heterocycles. The van der Waals surface area contributed by atoms with Gasteiger partial charge in [0.25, 0.3) is 0 Å². The minimum atomic E-state index is -1.05. The van der Waals surface area contributed by atoms with Gasteiger partial charge in [0.05, 0.1) is 0 Å². The van der Waals surface area contributed by atoms with Gasteiger partial charge in [0.2, 0.25) is 0 Å². The molecule has 0 spiro atoms. The van der Waals surface area contributed by atoms with Crippen molar-refractivity contribution in [1.82, 2.24) is 0 Å². The van der Waals surface area contributed by atoms with E-state index in [0.29, 0.717) is 0 Å². The Bertz CT molecular complexity index is 1220. The van der Waals surface area contributed by atoms with E-state index in [-0.39, 0.29) is 10.8 Å². The third-order valence-electron chi connectivity index (χ3n) is 7.59. The zero-order valence-corrected chi connectivity index (χ0v) is 30.6. The minimum absolute atomic E-state index is 0.165. The standard InChI is InChI=1S/2C17H24NSi.Zr/c2*1-17(2,3)14-11-12-15(16(14)19(4)5)18-13-9-7-6-8-10-13;/h2*6-10,18-19H,12H2,1-5H3;. The topological polar surface area (TPSA) is 24.1 Å². The van der Waals surface area contributed by atoms with E-state index in [2.05, 4.69) is 139 Å². The average molecular weight is 632 g/mol. The normalized spacial score (nSPS) is 16.8. The summed E-state index contributed by atoms with van der Waals surface area (Å²) in [5.74, 6) is 0. The van der Waals surface area contributed by atoms with E-state index in [1.54, 1.807) is 21.5 Å². The van der Waals surface area contributed by atoms with Crippen molar-refractivity contribution < 1.29 is 23.2 Å². The van der Waals surface area contributed by atoms with Crippen molar-refractivity contribution in [3.8, 4) is 0 Å². The van der Waals surface area contributed by atoms with Crippen molar-refractivity contribution in [1.29, 1.82) is 0 Å². The van der Waals surface area contributed by atoms with Crippen LogP contribution in [0.1, 0.15) is 54.4 Å². The monoisotopic (exact) mass is 630 g/mol. The summed E-state index contributed by atoms with van der Waals surface area (Å²) in [5, 5.41) is 11.2. The van der Waals surface area contributed by atoms with Crippen LogP contribution in [0.2, 0.25) is 26.2 Å². The fraction of sp³-hybridized carbons (Fsp3) is 0.412. The summed E-state index contributed by atoms with van der Waals surface area (Å²) in [4.78, 5) is 0. The summed E-state index contributed by atoms with van der Waals surface area (Å²) in [6.07, 6.45) is 2.23. The first-order valence-corrected chi connectivity index (χ1v) is 22.9. The molecule has 2 aromatic carbocycles. The van der Waals surface area contributed by atoms with Gasteiger partial charge >= 0.3 is 254 Å². The van der Waals surface area contributed by atoms with Crippen molar-refractivity contribution in [2.45, 2.75) is 80.6 Å². The van der Waals surface area contributed by atoms with E-state index in [1.165, 1.54) is 22.8 Å². The third-order valence-corrected chi connectivity index (χ3v) is 14.8. The van der Waals surface area contributed by atoms with Crippen molar-refractivity contribution in [2.24, 2.45) is 10.8 Å². The Balaban J connectivity index is 1.76. The number of rotatable bonds is 8. The van der Waals surface area contributed by atoms with Crippen LogP contribution in [0.3, 0.4) is 0 Å². The molecule has 0 bridgehead atoms. The van der Waals surface area contributed by atoms with E-state index in [4.69, 9.17) is 0 Å². The molecule has 2 nitrogen and oxygen atoms in total. The Kier molecular flexibility index (Phi) is 9.35. The van der Waals surface area contributed by atoms with Crippen molar-refractivity contribution in [3.05, 3.63) is 100 Å². The van der Waals surface area contributed by atoms with Crippen LogP contribution >= 0.6 is 0 Å². The molecule has 0 radical (unpaired) electrons. The van der Waals surface area contributed by atoms with Crippen LogP contribution in [-0.4, -0.2) is 17.6 Å². The van der Waals surface area contributed by atoms with Gasteiger partial charge in [-0.25, -0.2) is 0 Å². The maximum atomic E-state index is 3.91. The fourth-order valence-corrected chi connectivity index (χ4v) is 16.5. The zero-order valence-electron chi connectivity index (χ0n) is 25.8. The first kappa shape index (κ1) is 30.3. The fourth-order valence-electron chi connectivity index (χ4n) is 6.35. The first-order chi connectivity index (χ1) is 18.3. The summed E-state index contributed by atoms with van der Waals surface area (Å²) in [7, 11) is -2.10. The predicted octanol–water partition coefficient (Wildman–Crippen LogP) is 9.26. The summed E-state index contributed by atoms with van der Waals surface area (Å²) in [6.45, 7) is 24.8. The number of allylic oxidation sites excluding steroid dienone is 6. The molecule has 0 unspecified atom stereocenters. The SMILES string of the molecule is C[SiH](C)C1=C(Nc2ccccc2)C[C]([Zr][C]2=C(C(C)(C)C)C([SiH](C)C)=C(Nc3ccccc3)C2)=C1C(C)(C)C. The van der Waals surface area contributed by atoms with Gasteiger partial charge < -0.3 is 0 Å². The van der Waals surface area contributed by atoms with Crippen LogP contribution in [0.25, 0.3) is 0 Å². The molecule has 39 heavy (non-hydrogen) atoms. The predicted molar refractivity (Wildman–Crippen MR) is 174 cm³/mol. The third kappa shape index (κ3) is 6.97. The Morgan fingerprint density at radius 1 is 0.564 bits per heavy atom. The Morgan fingerprint density at radius 2 is 0.897 bits per heavy atom. The molecule has 0 heterocycles. The summed E-state index contributed by atoms with van der Waals surface area (Å²) in [6, 6.07) is 21.6.